The standard InChI is InChI=1S/C13H23N3OS/c1-8(2)11(14)13(17)16(9(3)4)10(5)12-15-6-7-18-12/h6-11H,14H2,1-5H3/t10-,11+/m1/s1. The van der Waals surface area contributed by atoms with Crippen molar-refractivity contribution < 1.29 is 4.79 Å². The average Bonchev–Trinajstić information content (AvgIpc) is 2.80. The number of thiazole rings is 1. The predicted molar refractivity (Wildman–Crippen MR) is 75.3 cm³/mol. The summed E-state index contributed by atoms with van der Waals surface area (Å²) in [6.07, 6.45) is 1.77. The van der Waals surface area contributed by atoms with Crippen molar-refractivity contribution in [1.82, 2.24) is 9.88 Å². The lowest BCUT2D eigenvalue weighted by atomic mass is 10.0. The highest BCUT2D eigenvalue weighted by molar-refractivity contribution is 7.09. The van der Waals surface area contributed by atoms with E-state index in [0.717, 1.165) is 5.01 Å². The van der Waals surface area contributed by atoms with E-state index in [9.17, 15) is 4.79 Å². The third-order valence-electron chi connectivity index (χ3n) is 3.04. The highest BCUT2D eigenvalue weighted by Crippen LogP contribution is 2.25. The minimum atomic E-state index is -0.449. The van der Waals surface area contributed by atoms with Gasteiger partial charge in [0.15, 0.2) is 0 Å². The first kappa shape index (κ1) is 15.1. The second-order valence-corrected chi connectivity index (χ2v) is 6.08. The molecule has 1 aromatic heterocycles. The molecule has 2 atom stereocenters. The van der Waals surface area contributed by atoms with Gasteiger partial charge in [0.2, 0.25) is 5.91 Å². The van der Waals surface area contributed by atoms with Gasteiger partial charge in [0.05, 0.1) is 12.1 Å². The molecule has 102 valence electrons. The van der Waals surface area contributed by atoms with Crippen molar-refractivity contribution in [3.63, 3.8) is 0 Å². The van der Waals surface area contributed by atoms with Crippen LogP contribution in [0.3, 0.4) is 0 Å². The van der Waals surface area contributed by atoms with Crippen molar-refractivity contribution in [2.75, 3.05) is 0 Å². The number of nitrogens with two attached hydrogens (primary N) is 1. The second kappa shape index (κ2) is 6.29. The van der Waals surface area contributed by atoms with Crippen LogP contribution >= 0.6 is 11.3 Å². The van der Waals surface area contributed by atoms with E-state index < -0.39 is 6.04 Å². The third kappa shape index (κ3) is 3.29. The number of amides is 1. The van der Waals surface area contributed by atoms with Crippen LogP contribution in [-0.4, -0.2) is 27.9 Å². The van der Waals surface area contributed by atoms with E-state index in [0.29, 0.717) is 0 Å². The highest BCUT2D eigenvalue weighted by atomic mass is 32.1. The first-order valence-electron chi connectivity index (χ1n) is 6.33. The zero-order valence-electron chi connectivity index (χ0n) is 11.8. The minimum Gasteiger partial charge on any atom is -0.330 e. The van der Waals surface area contributed by atoms with Crippen molar-refractivity contribution in [3.05, 3.63) is 16.6 Å². The molecule has 0 aliphatic carbocycles. The van der Waals surface area contributed by atoms with Crippen LogP contribution in [0.15, 0.2) is 11.6 Å². The average molecular weight is 269 g/mol. The summed E-state index contributed by atoms with van der Waals surface area (Å²) in [6, 6.07) is -0.363. The number of nitrogens with zero attached hydrogens (tertiary/aromatic N) is 2. The fourth-order valence-corrected chi connectivity index (χ4v) is 2.60. The summed E-state index contributed by atoms with van der Waals surface area (Å²) in [5, 5.41) is 2.88. The summed E-state index contributed by atoms with van der Waals surface area (Å²) in [5.41, 5.74) is 5.98. The van der Waals surface area contributed by atoms with E-state index in [2.05, 4.69) is 4.98 Å². The molecule has 2 N–H and O–H groups in total. The van der Waals surface area contributed by atoms with Crippen LogP contribution in [0, 0.1) is 5.92 Å². The van der Waals surface area contributed by atoms with Gasteiger partial charge in [-0.3, -0.25) is 4.79 Å². The fourth-order valence-electron chi connectivity index (χ4n) is 1.91. The summed E-state index contributed by atoms with van der Waals surface area (Å²) in [7, 11) is 0. The van der Waals surface area contributed by atoms with Gasteiger partial charge < -0.3 is 10.6 Å². The van der Waals surface area contributed by atoms with Crippen LogP contribution in [0.25, 0.3) is 0 Å². The number of rotatable bonds is 5. The molecule has 0 saturated heterocycles. The molecule has 1 amide bonds. The van der Waals surface area contributed by atoms with E-state index in [1.807, 2.05) is 44.9 Å². The number of hydrogen-bond acceptors (Lipinski definition) is 4. The lowest BCUT2D eigenvalue weighted by molar-refractivity contribution is -0.137. The van der Waals surface area contributed by atoms with Crippen molar-refractivity contribution in [3.8, 4) is 0 Å². The Balaban J connectivity index is 2.93. The Morgan fingerprint density at radius 3 is 2.33 bits per heavy atom. The monoisotopic (exact) mass is 269 g/mol. The molecular weight excluding hydrogens is 246 g/mol. The largest absolute Gasteiger partial charge is 0.330 e. The molecule has 0 bridgehead atoms. The number of hydrogen-bond donors (Lipinski definition) is 1. The lowest BCUT2D eigenvalue weighted by Gasteiger charge is -2.34. The number of carbonyl (C=O) groups is 1. The first-order chi connectivity index (χ1) is 8.36. The van der Waals surface area contributed by atoms with Crippen LogP contribution in [0.4, 0.5) is 0 Å². The van der Waals surface area contributed by atoms with Crippen LogP contribution in [-0.2, 0) is 4.79 Å². The SMILES string of the molecule is CC(C)[C@H](N)C(=O)N(C(C)C)[C@H](C)c1nccs1. The molecule has 0 aliphatic heterocycles. The minimum absolute atomic E-state index is 0.00250. The number of carbonyl (C=O) groups excluding carboxylic acids is 1. The molecule has 0 aliphatic rings. The molecule has 0 aromatic carbocycles. The quantitative estimate of drug-likeness (QED) is 0.893. The molecule has 5 heteroatoms. The summed E-state index contributed by atoms with van der Waals surface area (Å²) in [6.45, 7) is 9.96. The van der Waals surface area contributed by atoms with E-state index >= 15 is 0 Å². The van der Waals surface area contributed by atoms with Gasteiger partial charge in [-0.25, -0.2) is 4.98 Å². The maximum absolute atomic E-state index is 12.4. The Morgan fingerprint density at radius 1 is 1.33 bits per heavy atom. The van der Waals surface area contributed by atoms with Gasteiger partial charge in [-0.15, -0.1) is 11.3 Å². The smallest absolute Gasteiger partial charge is 0.240 e. The normalized spacial score (nSPS) is 14.9. The molecule has 1 heterocycles. The van der Waals surface area contributed by atoms with Gasteiger partial charge in [-0.05, 0) is 26.7 Å². The topological polar surface area (TPSA) is 59.2 Å². The molecule has 0 unspecified atom stereocenters. The fraction of sp³-hybridized carbons (Fsp3) is 0.692. The lowest BCUT2D eigenvalue weighted by Crippen LogP contribution is -2.50. The van der Waals surface area contributed by atoms with Crippen molar-refractivity contribution in [2.45, 2.75) is 52.7 Å². The van der Waals surface area contributed by atoms with E-state index in [4.69, 9.17) is 5.73 Å². The van der Waals surface area contributed by atoms with E-state index in [1.165, 1.54) is 0 Å². The summed E-state index contributed by atoms with van der Waals surface area (Å²) in [5.74, 6) is 0.143. The second-order valence-electron chi connectivity index (χ2n) is 5.16. The van der Waals surface area contributed by atoms with E-state index in [-0.39, 0.29) is 23.9 Å². The first-order valence-corrected chi connectivity index (χ1v) is 7.21. The molecular formula is C13H23N3OS. The zero-order chi connectivity index (χ0) is 13.9. The van der Waals surface area contributed by atoms with E-state index in [1.54, 1.807) is 17.5 Å². The summed E-state index contributed by atoms with van der Waals surface area (Å²) in [4.78, 5) is 18.6. The summed E-state index contributed by atoms with van der Waals surface area (Å²) < 4.78 is 0. The van der Waals surface area contributed by atoms with Gasteiger partial charge in [-0.1, -0.05) is 13.8 Å². The molecule has 0 fully saturated rings. The van der Waals surface area contributed by atoms with Gasteiger partial charge >= 0.3 is 0 Å². The molecule has 0 radical (unpaired) electrons. The summed E-state index contributed by atoms with van der Waals surface area (Å²) >= 11 is 1.57. The molecule has 4 nitrogen and oxygen atoms in total. The molecule has 1 rings (SSSR count). The molecule has 18 heavy (non-hydrogen) atoms. The molecule has 0 spiro atoms. The van der Waals surface area contributed by atoms with Gasteiger partial charge in [0.25, 0.3) is 0 Å². The number of aromatic nitrogens is 1. The van der Waals surface area contributed by atoms with Crippen LogP contribution in [0.5, 0.6) is 0 Å². The predicted octanol–water partition coefficient (Wildman–Crippen LogP) is 2.42. The Hall–Kier alpha value is -0.940. The maximum atomic E-state index is 12.4. The van der Waals surface area contributed by atoms with Gasteiger partial charge in [-0.2, -0.15) is 0 Å². The van der Waals surface area contributed by atoms with Crippen molar-refractivity contribution in [2.24, 2.45) is 11.7 Å². The van der Waals surface area contributed by atoms with Crippen LogP contribution in [0.1, 0.15) is 45.7 Å². The molecule has 1 aromatic rings. The Labute approximate surface area is 113 Å². The van der Waals surface area contributed by atoms with Crippen LogP contribution in [0.2, 0.25) is 0 Å². The molecule has 0 saturated carbocycles. The van der Waals surface area contributed by atoms with Crippen molar-refractivity contribution >= 4 is 17.2 Å². The highest BCUT2D eigenvalue weighted by Gasteiger charge is 2.30. The Bertz CT molecular complexity index is 376. The van der Waals surface area contributed by atoms with Gasteiger partial charge in [0, 0.05) is 17.6 Å². The Kier molecular flexibility index (Phi) is 5.28. The van der Waals surface area contributed by atoms with Crippen molar-refractivity contribution in [1.29, 1.82) is 0 Å². The Morgan fingerprint density at radius 2 is 1.94 bits per heavy atom. The zero-order valence-corrected chi connectivity index (χ0v) is 12.6. The van der Waals surface area contributed by atoms with Gasteiger partial charge in [0.1, 0.15) is 5.01 Å². The van der Waals surface area contributed by atoms with Crippen LogP contribution < -0.4 is 5.73 Å². The maximum Gasteiger partial charge on any atom is 0.240 e. The third-order valence-corrected chi connectivity index (χ3v) is 3.99.